The molecular weight excluding hydrogens is 441 g/mol. The topological polar surface area (TPSA) is 97.7 Å². The second kappa shape index (κ2) is 8.97. The van der Waals surface area contributed by atoms with Gasteiger partial charge >= 0.3 is 12.1 Å². The van der Waals surface area contributed by atoms with Gasteiger partial charge in [0.15, 0.2) is 18.1 Å². The van der Waals surface area contributed by atoms with Crippen molar-refractivity contribution in [3.05, 3.63) is 58.1 Å². The Balaban J connectivity index is 1.65. The van der Waals surface area contributed by atoms with Crippen molar-refractivity contribution in [2.45, 2.75) is 6.18 Å². The average molecular weight is 453 g/mol. The van der Waals surface area contributed by atoms with Gasteiger partial charge in [-0.05, 0) is 42.0 Å². The number of fused-ring (bicyclic) bond motifs is 1. The molecular formula is C20H12ClF3N2O5. The molecule has 0 unspecified atom stereocenters. The minimum atomic E-state index is -4.76. The highest BCUT2D eigenvalue weighted by Crippen LogP contribution is 2.36. The van der Waals surface area contributed by atoms with Gasteiger partial charge in [0.2, 0.25) is 6.79 Å². The number of nitrogens with one attached hydrogen (secondary N) is 1. The van der Waals surface area contributed by atoms with E-state index in [9.17, 15) is 28.0 Å². The van der Waals surface area contributed by atoms with Gasteiger partial charge in [0.05, 0.1) is 11.3 Å². The second-order valence-electron chi connectivity index (χ2n) is 6.09. The van der Waals surface area contributed by atoms with Crippen LogP contribution in [0.5, 0.6) is 11.5 Å². The summed E-state index contributed by atoms with van der Waals surface area (Å²) in [7, 11) is 0. The first-order valence-electron chi connectivity index (χ1n) is 8.52. The Morgan fingerprint density at radius 3 is 2.65 bits per heavy atom. The predicted octanol–water partition coefficient (Wildman–Crippen LogP) is 4.18. The number of esters is 1. The van der Waals surface area contributed by atoms with Crippen LogP contribution in [-0.4, -0.2) is 25.3 Å². The summed E-state index contributed by atoms with van der Waals surface area (Å²) >= 11 is 5.58. The third-order valence-corrected chi connectivity index (χ3v) is 4.18. The predicted molar refractivity (Wildman–Crippen MR) is 102 cm³/mol. The van der Waals surface area contributed by atoms with Crippen LogP contribution in [0.25, 0.3) is 6.08 Å². The molecule has 0 atom stereocenters. The van der Waals surface area contributed by atoms with Crippen molar-refractivity contribution in [2.24, 2.45) is 0 Å². The van der Waals surface area contributed by atoms with E-state index >= 15 is 0 Å². The molecule has 0 saturated heterocycles. The summed E-state index contributed by atoms with van der Waals surface area (Å²) in [6, 6.07) is 9.15. The highest BCUT2D eigenvalue weighted by atomic mass is 35.5. The maximum Gasteiger partial charge on any atom is 0.418 e. The summed E-state index contributed by atoms with van der Waals surface area (Å²) in [6.45, 7) is -0.854. The van der Waals surface area contributed by atoms with Gasteiger partial charge in [-0.1, -0.05) is 17.7 Å². The SMILES string of the molecule is N#C/C(=C\c1ccc2c(c1)OCO2)C(=O)OCC(=O)Nc1ccc(Cl)cc1C(F)(F)F. The molecule has 7 nitrogen and oxygen atoms in total. The number of rotatable bonds is 5. The molecule has 2 aromatic rings. The number of alkyl halides is 3. The van der Waals surface area contributed by atoms with Crippen LogP contribution in [0.15, 0.2) is 42.0 Å². The van der Waals surface area contributed by atoms with Crippen molar-refractivity contribution in [1.29, 1.82) is 5.26 Å². The van der Waals surface area contributed by atoms with Crippen molar-refractivity contribution in [3.63, 3.8) is 0 Å². The molecule has 2 aromatic carbocycles. The molecule has 1 aliphatic heterocycles. The molecule has 0 radical (unpaired) electrons. The first-order chi connectivity index (χ1) is 14.7. The van der Waals surface area contributed by atoms with Crippen LogP contribution < -0.4 is 14.8 Å². The fraction of sp³-hybridized carbons (Fsp3) is 0.150. The Morgan fingerprint density at radius 1 is 1.19 bits per heavy atom. The number of hydrogen-bond acceptors (Lipinski definition) is 6. The number of benzene rings is 2. The Hall–Kier alpha value is -3.71. The Morgan fingerprint density at radius 2 is 1.94 bits per heavy atom. The second-order valence-corrected chi connectivity index (χ2v) is 6.53. The fourth-order valence-corrected chi connectivity index (χ4v) is 2.73. The zero-order valence-corrected chi connectivity index (χ0v) is 16.2. The number of hydrogen-bond donors (Lipinski definition) is 1. The van der Waals surface area contributed by atoms with E-state index in [1.54, 1.807) is 24.3 Å². The van der Waals surface area contributed by atoms with Crippen LogP contribution in [0.2, 0.25) is 5.02 Å². The molecule has 0 aromatic heterocycles. The number of nitriles is 1. The molecule has 1 N–H and O–H groups in total. The van der Waals surface area contributed by atoms with Crippen molar-refractivity contribution >= 4 is 35.2 Å². The van der Waals surface area contributed by atoms with E-state index < -0.39 is 41.5 Å². The lowest BCUT2D eigenvalue weighted by Crippen LogP contribution is -2.23. The molecule has 3 rings (SSSR count). The monoisotopic (exact) mass is 452 g/mol. The molecule has 0 spiro atoms. The molecule has 31 heavy (non-hydrogen) atoms. The van der Waals surface area contributed by atoms with Crippen molar-refractivity contribution < 1.29 is 37.0 Å². The van der Waals surface area contributed by atoms with Gasteiger partial charge in [0.1, 0.15) is 11.6 Å². The molecule has 11 heteroatoms. The highest BCUT2D eigenvalue weighted by Gasteiger charge is 2.34. The third-order valence-electron chi connectivity index (χ3n) is 3.94. The lowest BCUT2D eigenvalue weighted by atomic mass is 10.1. The van der Waals surface area contributed by atoms with E-state index in [1.165, 1.54) is 12.1 Å². The largest absolute Gasteiger partial charge is 0.454 e. The number of nitrogens with zero attached hydrogens (tertiary/aromatic N) is 1. The first-order valence-corrected chi connectivity index (χ1v) is 8.90. The van der Waals surface area contributed by atoms with Crippen LogP contribution >= 0.6 is 11.6 Å². The number of ether oxygens (including phenoxy) is 3. The lowest BCUT2D eigenvalue weighted by molar-refractivity contribution is -0.143. The number of anilines is 1. The molecule has 0 saturated carbocycles. The maximum absolute atomic E-state index is 13.1. The molecule has 0 fully saturated rings. The van der Waals surface area contributed by atoms with Crippen molar-refractivity contribution in [3.8, 4) is 17.6 Å². The van der Waals surface area contributed by atoms with Gasteiger partial charge in [0.25, 0.3) is 5.91 Å². The average Bonchev–Trinajstić information content (AvgIpc) is 3.18. The molecule has 0 aliphatic carbocycles. The minimum Gasteiger partial charge on any atom is -0.454 e. The summed E-state index contributed by atoms with van der Waals surface area (Å²) in [6.07, 6.45) is -3.55. The van der Waals surface area contributed by atoms with Gasteiger partial charge in [0, 0.05) is 5.02 Å². The Labute approximate surface area is 178 Å². The normalized spacial score (nSPS) is 12.8. The van der Waals surface area contributed by atoms with E-state index in [1.807, 2.05) is 5.32 Å². The quantitative estimate of drug-likeness (QED) is 0.415. The molecule has 160 valence electrons. The maximum atomic E-state index is 13.1. The Bertz CT molecular complexity index is 1110. The van der Waals surface area contributed by atoms with Gasteiger partial charge in [-0.3, -0.25) is 4.79 Å². The summed E-state index contributed by atoms with van der Waals surface area (Å²) in [4.78, 5) is 24.1. The third kappa shape index (κ3) is 5.46. The number of halogens is 4. The zero-order valence-electron chi connectivity index (χ0n) is 15.5. The van der Waals surface area contributed by atoms with Crippen LogP contribution in [0, 0.1) is 11.3 Å². The first kappa shape index (κ1) is 22.0. The summed E-state index contributed by atoms with van der Waals surface area (Å²) < 4.78 is 54.3. The molecule has 1 amide bonds. The van der Waals surface area contributed by atoms with E-state index in [-0.39, 0.29) is 11.8 Å². The highest BCUT2D eigenvalue weighted by molar-refractivity contribution is 6.30. The Kier molecular flexibility index (Phi) is 6.36. The van der Waals surface area contributed by atoms with Gasteiger partial charge in [-0.2, -0.15) is 18.4 Å². The number of carbonyl (C=O) groups is 2. The van der Waals surface area contributed by atoms with Crippen LogP contribution in [0.4, 0.5) is 18.9 Å². The van der Waals surface area contributed by atoms with E-state index in [0.717, 1.165) is 6.07 Å². The summed E-state index contributed by atoms with van der Waals surface area (Å²) in [5.74, 6) is -1.21. The van der Waals surface area contributed by atoms with Crippen LogP contribution in [0.3, 0.4) is 0 Å². The summed E-state index contributed by atoms with van der Waals surface area (Å²) in [5.41, 5.74) is -1.68. The zero-order chi connectivity index (χ0) is 22.6. The standard InChI is InChI=1S/C20H12ClF3N2O5/c21-13-2-3-15(14(7-13)20(22,23)24)26-18(27)9-29-19(28)12(8-25)5-11-1-4-16-17(6-11)31-10-30-16/h1-7H,9-10H2,(H,26,27)/b12-5+. The molecule has 0 bridgehead atoms. The smallest absolute Gasteiger partial charge is 0.418 e. The number of carbonyl (C=O) groups excluding carboxylic acids is 2. The molecule has 1 aliphatic rings. The lowest BCUT2D eigenvalue weighted by Gasteiger charge is -2.14. The minimum absolute atomic E-state index is 0.0500. The van der Waals surface area contributed by atoms with Crippen LogP contribution in [-0.2, 0) is 20.5 Å². The van der Waals surface area contributed by atoms with E-state index in [0.29, 0.717) is 23.1 Å². The molecule has 1 heterocycles. The van der Waals surface area contributed by atoms with E-state index in [4.69, 9.17) is 25.8 Å². The number of amides is 1. The van der Waals surface area contributed by atoms with Crippen LogP contribution in [0.1, 0.15) is 11.1 Å². The van der Waals surface area contributed by atoms with Gasteiger partial charge < -0.3 is 19.5 Å². The fourth-order valence-electron chi connectivity index (χ4n) is 2.56. The van der Waals surface area contributed by atoms with Crippen molar-refractivity contribution in [1.82, 2.24) is 0 Å². The van der Waals surface area contributed by atoms with Gasteiger partial charge in [-0.15, -0.1) is 0 Å². The van der Waals surface area contributed by atoms with Crippen molar-refractivity contribution in [2.75, 3.05) is 18.7 Å². The van der Waals surface area contributed by atoms with Gasteiger partial charge in [-0.25, -0.2) is 4.79 Å². The summed E-state index contributed by atoms with van der Waals surface area (Å²) in [5, 5.41) is 11.0. The van der Waals surface area contributed by atoms with E-state index in [2.05, 4.69) is 0 Å².